The van der Waals surface area contributed by atoms with Crippen molar-refractivity contribution in [2.45, 2.75) is 19.9 Å². The van der Waals surface area contributed by atoms with Crippen molar-refractivity contribution in [2.24, 2.45) is 0 Å². The second-order valence-electron chi connectivity index (χ2n) is 4.09. The summed E-state index contributed by atoms with van der Waals surface area (Å²) in [6, 6.07) is 3.77. The van der Waals surface area contributed by atoms with E-state index < -0.39 is 5.97 Å². The molecule has 5 heteroatoms. The van der Waals surface area contributed by atoms with E-state index in [1.165, 1.54) is 0 Å². The molecule has 0 radical (unpaired) electrons. The van der Waals surface area contributed by atoms with Crippen LogP contribution < -0.4 is 5.32 Å². The summed E-state index contributed by atoms with van der Waals surface area (Å²) in [5, 5.41) is 12.2. The second-order valence-corrected chi connectivity index (χ2v) is 4.09. The minimum atomic E-state index is -0.998. The van der Waals surface area contributed by atoms with Gasteiger partial charge in [0.2, 0.25) is 0 Å². The van der Waals surface area contributed by atoms with Crippen molar-refractivity contribution in [3.05, 3.63) is 35.4 Å². The van der Waals surface area contributed by atoms with E-state index in [2.05, 4.69) is 10.3 Å². The van der Waals surface area contributed by atoms with Crippen LogP contribution in [0.5, 0.6) is 0 Å². The van der Waals surface area contributed by atoms with Gasteiger partial charge in [0.1, 0.15) is 5.82 Å². The number of aromatic carboxylic acids is 1. The minimum absolute atomic E-state index is 0.00157. The van der Waals surface area contributed by atoms with Gasteiger partial charge in [-0.15, -0.1) is 0 Å². The van der Waals surface area contributed by atoms with E-state index in [9.17, 15) is 4.79 Å². The fraction of sp³-hybridized carbons (Fsp3) is 0.333. The van der Waals surface area contributed by atoms with Crippen molar-refractivity contribution in [1.29, 1.82) is 0 Å². The first-order valence-corrected chi connectivity index (χ1v) is 5.43. The summed E-state index contributed by atoms with van der Waals surface area (Å²) in [6.07, 6.45) is 1.85. The van der Waals surface area contributed by atoms with Crippen LogP contribution in [-0.2, 0) is 0 Å². The predicted octanol–water partition coefficient (Wildman–Crippen LogP) is 1.62. The van der Waals surface area contributed by atoms with E-state index in [0.29, 0.717) is 11.3 Å². The minimum Gasteiger partial charge on any atom is -0.476 e. The molecule has 0 bridgehead atoms. The lowest BCUT2D eigenvalue weighted by Gasteiger charge is -2.08. The van der Waals surface area contributed by atoms with Gasteiger partial charge in [0.05, 0.1) is 11.6 Å². The van der Waals surface area contributed by atoms with Gasteiger partial charge in [0, 0.05) is 6.20 Å². The Bertz CT molecular complexity index is 574. The van der Waals surface area contributed by atoms with Crippen LogP contribution in [0.3, 0.4) is 0 Å². The smallest absolute Gasteiger partial charge is 0.356 e. The zero-order valence-corrected chi connectivity index (χ0v) is 10.1. The number of nitrogens with zero attached hydrogens (tertiary/aromatic N) is 2. The molecule has 0 saturated heterocycles. The number of carboxylic acid groups (broad SMARTS) is 1. The molecule has 0 amide bonds. The third-order valence-electron chi connectivity index (χ3n) is 2.85. The lowest BCUT2D eigenvalue weighted by Crippen LogP contribution is -2.15. The maximum atomic E-state index is 11.2. The normalized spacial score (nSPS) is 12.9. The topological polar surface area (TPSA) is 66.6 Å². The molecule has 0 aliphatic heterocycles. The third kappa shape index (κ3) is 1.89. The van der Waals surface area contributed by atoms with Crippen LogP contribution in [0.2, 0.25) is 0 Å². The van der Waals surface area contributed by atoms with Crippen LogP contribution in [0.25, 0.3) is 5.52 Å². The van der Waals surface area contributed by atoms with Crippen LogP contribution in [0.15, 0.2) is 18.3 Å². The molecule has 1 atom stereocenters. The zero-order valence-electron chi connectivity index (χ0n) is 10.1. The van der Waals surface area contributed by atoms with Gasteiger partial charge in [0.15, 0.2) is 5.69 Å². The summed E-state index contributed by atoms with van der Waals surface area (Å²) in [4.78, 5) is 15.4. The summed E-state index contributed by atoms with van der Waals surface area (Å²) in [5.74, 6) is -0.289. The first-order valence-electron chi connectivity index (χ1n) is 5.43. The molecule has 0 aliphatic rings. The number of nitrogens with one attached hydrogen (secondary N) is 1. The largest absolute Gasteiger partial charge is 0.476 e. The number of carbonyl (C=O) groups is 1. The van der Waals surface area contributed by atoms with Crippen molar-refractivity contribution in [1.82, 2.24) is 14.7 Å². The summed E-state index contributed by atoms with van der Waals surface area (Å²) in [5.41, 5.74) is 1.75. The molecular weight excluding hydrogens is 218 g/mol. The van der Waals surface area contributed by atoms with Gasteiger partial charge in [-0.25, -0.2) is 9.78 Å². The number of aryl methyl sites for hydroxylation is 1. The fourth-order valence-corrected chi connectivity index (χ4v) is 1.81. The Morgan fingerprint density at radius 1 is 1.59 bits per heavy atom. The van der Waals surface area contributed by atoms with E-state index in [4.69, 9.17) is 5.11 Å². The van der Waals surface area contributed by atoms with Gasteiger partial charge in [-0.1, -0.05) is 0 Å². The maximum absolute atomic E-state index is 11.2. The highest BCUT2D eigenvalue weighted by atomic mass is 16.4. The van der Waals surface area contributed by atoms with Gasteiger partial charge in [-0.2, -0.15) is 0 Å². The number of hydrogen-bond acceptors (Lipinski definition) is 3. The average Bonchev–Trinajstić information content (AvgIpc) is 2.66. The molecule has 0 aromatic carbocycles. The average molecular weight is 233 g/mol. The first kappa shape index (κ1) is 11.6. The lowest BCUT2D eigenvalue weighted by atomic mass is 10.2. The summed E-state index contributed by atoms with van der Waals surface area (Å²) >= 11 is 0. The summed E-state index contributed by atoms with van der Waals surface area (Å²) in [6.45, 7) is 3.88. The number of fused-ring (bicyclic) bond motifs is 1. The van der Waals surface area contributed by atoms with Crippen LogP contribution in [0, 0.1) is 6.92 Å². The monoisotopic (exact) mass is 233 g/mol. The highest BCUT2D eigenvalue weighted by Crippen LogP contribution is 2.19. The van der Waals surface area contributed by atoms with Crippen molar-refractivity contribution >= 4 is 11.5 Å². The molecule has 2 heterocycles. The molecule has 0 aliphatic carbocycles. The van der Waals surface area contributed by atoms with Gasteiger partial charge >= 0.3 is 5.97 Å². The van der Waals surface area contributed by atoms with Crippen LogP contribution in [0.1, 0.15) is 34.8 Å². The number of pyridine rings is 1. The second kappa shape index (κ2) is 4.18. The third-order valence-corrected chi connectivity index (χ3v) is 2.85. The Morgan fingerprint density at radius 3 is 2.88 bits per heavy atom. The molecule has 90 valence electrons. The molecule has 2 aromatic heterocycles. The van der Waals surface area contributed by atoms with Crippen molar-refractivity contribution in [2.75, 3.05) is 7.05 Å². The van der Waals surface area contributed by atoms with Gasteiger partial charge in [-0.3, -0.25) is 0 Å². The Labute approximate surface area is 99.1 Å². The van der Waals surface area contributed by atoms with Crippen molar-refractivity contribution < 1.29 is 9.90 Å². The Balaban J connectivity index is 2.75. The van der Waals surface area contributed by atoms with E-state index in [-0.39, 0.29) is 11.7 Å². The SMILES string of the molecule is CNC(C)c1nc(C(=O)O)c2cc(C)ccn12. The number of carboxylic acids is 1. The van der Waals surface area contributed by atoms with E-state index in [1.807, 2.05) is 43.6 Å². The molecule has 0 fully saturated rings. The van der Waals surface area contributed by atoms with Crippen molar-refractivity contribution in [3.8, 4) is 0 Å². The van der Waals surface area contributed by atoms with Crippen LogP contribution in [0.4, 0.5) is 0 Å². The highest BCUT2D eigenvalue weighted by Gasteiger charge is 2.19. The molecule has 2 aromatic rings. The Kier molecular flexibility index (Phi) is 2.85. The summed E-state index contributed by atoms with van der Waals surface area (Å²) in [7, 11) is 1.82. The van der Waals surface area contributed by atoms with Crippen LogP contribution >= 0.6 is 0 Å². The standard InChI is InChI=1S/C12H15N3O2/c1-7-4-5-15-9(6-7)10(12(16)17)14-11(15)8(2)13-3/h4-6,8,13H,1-3H3,(H,16,17). The van der Waals surface area contributed by atoms with Crippen molar-refractivity contribution in [3.63, 3.8) is 0 Å². The number of aromatic nitrogens is 2. The quantitative estimate of drug-likeness (QED) is 0.845. The lowest BCUT2D eigenvalue weighted by molar-refractivity contribution is 0.0693. The molecule has 5 nitrogen and oxygen atoms in total. The van der Waals surface area contributed by atoms with E-state index in [1.54, 1.807) is 0 Å². The maximum Gasteiger partial charge on any atom is 0.356 e. The van der Waals surface area contributed by atoms with Gasteiger partial charge in [0.25, 0.3) is 0 Å². The number of imidazole rings is 1. The molecular formula is C12H15N3O2. The Hall–Kier alpha value is -1.88. The van der Waals surface area contributed by atoms with Gasteiger partial charge in [-0.05, 0) is 38.6 Å². The predicted molar refractivity (Wildman–Crippen MR) is 64.4 cm³/mol. The van der Waals surface area contributed by atoms with Gasteiger partial charge < -0.3 is 14.8 Å². The zero-order chi connectivity index (χ0) is 12.6. The number of rotatable bonds is 3. The Morgan fingerprint density at radius 2 is 2.29 bits per heavy atom. The van der Waals surface area contributed by atoms with E-state index in [0.717, 1.165) is 5.56 Å². The molecule has 17 heavy (non-hydrogen) atoms. The molecule has 1 unspecified atom stereocenters. The van der Waals surface area contributed by atoms with Crippen LogP contribution in [-0.4, -0.2) is 27.5 Å². The molecule has 2 N–H and O–H groups in total. The summed E-state index contributed by atoms with van der Waals surface area (Å²) < 4.78 is 1.82. The molecule has 0 saturated carbocycles. The van der Waals surface area contributed by atoms with E-state index >= 15 is 0 Å². The highest BCUT2D eigenvalue weighted by molar-refractivity contribution is 5.93. The fourth-order valence-electron chi connectivity index (χ4n) is 1.81. The first-order chi connectivity index (χ1) is 8.04. The number of hydrogen-bond donors (Lipinski definition) is 2. The molecule has 0 spiro atoms. The molecule has 2 rings (SSSR count).